The summed E-state index contributed by atoms with van der Waals surface area (Å²) in [6, 6.07) is 0. The van der Waals surface area contributed by atoms with Crippen molar-refractivity contribution in [2.75, 3.05) is 13.1 Å². The third-order valence-electron chi connectivity index (χ3n) is 4.40. The number of carbonyl (C=O) groups excluding carboxylic acids is 2. The van der Waals surface area contributed by atoms with Crippen LogP contribution in [0, 0.1) is 11.8 Å². The molecule has 19 heavy (non-hydrogen) atoms. The van der Waals surface area contributed by atoms with Gasteiger partial charge < -0.3 is 10.6 Å². The fraction of sp³-hybridized carbons (Fsp3) is 0.867. The Morgan fingerprint density at radius 1 is 0.737 bits per heavy atom. The molecular weight excluding hydrogens is 240 g/mol. The van der Waals surface area contributed by atoms with E-state index < -0.39 is 0 Å². The van der Waals surface area contributed by atoms with Gasteiger partial charge in [-0.25, -0.2) is 0 Å². The van der Waals surface area contributed by atoms with Gasteiger partial charge in [0.2, 0.25) is 11.8 Å². The Bertz CT molecular complexity index is 275. The lowest BCUT2D eigenvalue weighted by molar-refractivity contribution is -0.125. The second-order valence-electron chi connectivity index (χ2n) is 5.90. The van der Waals surface area contributed by atoms with E-state index in [1.165, 1.54) is 25.7 Å². The van der Waals surface area contributed by atoms with Gasteiger partial charge in [0.1, 0.15) is 0 Å². The van der Waals surface area contributed by atoms with Crippen LogP contribution in [0.5, 0.6) is 0 Å². The van der Waals surface area contributed by atoms with Gasteiger partial charge in [-0.05, 0) is 32.1 Å². The van der Waals surface area contributed by atoms with Crippen LogP contribution >= 0.6 is 0 Å². The molecule has 2 rings (SSSR count). The molecule has 0 atom stereocenters. The fourth-order valence-electron chi connectivity index (χ4n) is 3.18. The summed E-state index contributed by atoms with van der Waals surface area (Å²) < 4.78 is 0. The maximum absolute atomic E-state index is 11.8. The van der Waals surface area contributed by atoms with Crippen LogP contribution in [-0.2, 0) is 9.59 Å². The largest absolute Gasteiger partial charge is 0.356 e. The molecule has 2 aliphatic rings. The van der Waals surface area contributed by atoms with E-state index in [2.05, 4.69) is 10.6 Å². The molecule has 0 aromatic rings. The highest BCUT2D eigenvalue weighted by Gasteiger charge is 2.23. The van der Waals surface area contributed by atoms with Crippen LogP contribution in [0.4, 0.5) is 0 Å². The molecule has 2 amide bonds. The standard InChI is InChI=1S/C15H26N2O2/c18-14(12-6-1-2-7-12)16-10-5-11-17-15(19)13-8-3-4-9-13/h12-13H,1-11H2,(H,16,18)(H,17,19). The van der Waals surface area contributed by atoms with Crippen molar-refractivity contribution in [3.8, 4) is 0 Å². The molecule has 108 valence electrons. The molecule has 2 fully saturated rings. The first-order valence-electron chi connectivity index (χ1n) is 7.83. The average molecular weight is 266 g/mol. The molecule has 0 bridgehead atoms. The van der Waals surface area contributed by atoms with Gasteiger partial charge in [-0.3, -0.25) is 9.59 Å². The Hall–Kier alpha value is -1.06. The Kier molecular flexibility index (Phi) is 5.67. The van der Waals surface area contributed by atoms with Crippen LogP contribution in [0.2, 0.25) is 0 Å². The number of nitrogens with one attached hydrogen (secondary N) is 2. The zero-order valence-corrected chi connectivity index (χ0v) is 11.7. The van der Waals surface area contributed by atoms with Gasteiger partial charge in [0.15, 0.2) is 0 Å². The van der Waals surface area contributed by atoms with E-state index in [0.29, 0.717) is 13.1 Å². The molecule has 0 aliphatic heterocycles. The lowest BCUT2D eigenvalue weighted by Crippen LogP contribution is -2.34. The van der Waals surface area contributed by atoms with Gasteiger partial charge in [-0.15, -0.1) is 0 Å². The third kappa shape index (κ3) is 4.51. The summed E-state index contributed by atoms with van der Waals surface area (Å²) in [7, 11) is 0. The van der Waals surface area contributed by atoms with Gasteiger partial charge in [0, 0.05) is 24.9 Å². The van der Waals surface area contributed by atoms with Gasteiger partial charge in [-0.1, -0.05) is 25.7 Å². The number of amides is 2. The smallest absolute Gasteiger partial charge is 0.223 e. The van der Waals surface area contributed by atoms with Gasteiger partial charge >= 0.3 is 0 Å². The first-order chi connectivity index (χ1) is 9.27. The van der Waals surface area contributed by atoms with Crippen LogP contribution in [0.1, 0.15) is 57.8 Å². The lowest BCUT2D eigenvalue weighted by atomic mass is 10.1. The molecule has 0 aromatic carbocycles. The van der Waals surface area contributed by atoms with Crippen molar-refractivity contribution in [1.29, 1.82) is 0 Å². The Morgan fingerprint density at radius 3 is 1.47 bits per heavy atom. The monoisotopic (exact) mass is 266 g/mol. The molecule has 0 aromatic heterocycles. The zero-order chi connectivity index (χ0) is 13.5. The minimum Gasteiger partial charge on any atom is -0.356 e. The second kappa shape index (κ2) is 7.51. The summed E-state index contributed by atoms with van der Waals surface area (Å²) in [6.45, 7) is 1.36. The zero-order valence-electron chi connectivity index (χ0n) is 11.7. The van der Waals surface area contributed by atoms with E-state index in [1.54, 1.807) is 0 Å². The van der Waals surface area contributed by atoms with Crippen LogP contribution in [0.3, 0.4) is 0 Å². The van der Waals surface area contributed by atoms with Crippen LogP contribution < -0.4 is 10.6 Å². The predicted molar refractivity (Wildman–Crippen MR) is 74.6 cm³/mol. The maximum Gasteiger partial charge on any atom is 0.223 e. The summed E-state index contributed by atoms with van der Waals surface area (Å²) in [5.41, 5.74) is 0. The first-order valence-corrected chi connectivity index (χ1v) is 7.83. The predicted octanol–water partition coefficient (Wildman–Crippen LogP) is 1.99. The molecule has 0 saturated heterocycles. The van der Waals surface area contributed by atoms with E-state index in [4.69, 9.17) is 0 Å². The molecule has 0 heterocycles. The summed E-state index contributed by atoms with van der Waals surface area (Å²) in [5, 5.41) is 5.96. The summed E-state index contributed by atoms with van der Waals surface area (Å²) in [5.74, 6) is 0.903. The molecule has 0 unspecified atom stereocenters. The average Bonchev–Trinajstić information content (AvgIpc) is 3.10. The maximum atomic E-state index is 11.8. The highest BCUT2D eigenvalue weighted by molar-refractivity contribution is 5.79. The minimum absolute atomic E-state index is 0.208. The van der Waals surface area contributed by atoms with Crippen LogP contribution in [0.25, 0.3) is 0 Å². The fourth-order valence-corrected chi connectivity index (χ4v) is 3.18. The number of hydrogen-bond acceptors (Lipinski definition) is 2. The number of hydrogen-bond donors (Lipinski definition) is 2. The minimum atomic E-state index is 0.208. The molecule has 0 spiro atoms. The highest BCUT2D eigenvalue weighted by atomic mass is 16.2. The van der Waals surface area contributed by atoms with Gasteiger partial charge in [-0.2, -0.15) is 0 Å². The summed E-state index contributed by atoms with van der Waals surface area (Å²) >= 11 is 0. The normalized spacial score (nSPS) is 20.6. The second-order valence-corrected chi connectivity index (χ2v) is 5.90. The molecule has 4 heteroatoms. The van der Waals surface area contributed by atoms with Crippen molar-refractivity contribution < 1.29 is 9.59 Å². The molecule has 2 saturated carbocycles. The summed E-state index contributed by atoms with van der Waals surface area (Å²) in [4.78, 5) is 23.5. The van der Waals surface area contributed by atoms with Crippen molar-refractivity contribution >= 4 is 11.8 Å². The molecule has 4 nitrogen and oxygen atoms in total. The first kappa shape index (κ1) is 14.4. The molecule has 0 radical (unpaired) electrons. The SMILES string of the molecule is O=C(NCCCNC(=O)C1CCCC1)C1CCCC1. The Labute approximate surface area is 115 Å². The Balaban J connectivity index is 1.49. The van der Waals surface area contributed by atoms with E-state index in [1.807, 2.05) is 0 Å². The lowest BCUT2D eigenvalue weighted by Gasteiger charge is -2.12. The van der Waals surface area contributed by atoms with Gasteiger partial charge in [0.05, 0.1) is 0 Å². The molecular formula is C15H26N2O2. The van der Waals surface area contributed by atoms with Gasteiger partial charge in [0.25, 0.3) is 0 Å². The summed E-state index contributed by atoms with van der Waals surface area (Å²) in [6.07, 6.45) is 9.77. The van der Waals surface area contributed by atoms with Crippen molar-refractivity contribution in [3.05, 3.63) is 0 Å². The van der Waals surface area contributed by atoms with Crippen molar-refractivity contribution in [1.82, 2.24) is 10.6 Å². The third-order valence-corrected chi connectivity index (χ3v) is 4.40. The number of carbonyl (C=O) groups is 2. The van der Waals surface area contributed by atoms with Crippen molar-refractivity contribution in [3.63, 3.8) is 0 Å². The number of rotatable bonds is 6. The van der Waals surface area contributed by atoms with Crippen LogP contribution in [0.15, 0.2) is 0 Å². The van der Waals surface area contributed by atoms with E-state index >= 15 is 0 Å². The Morgan fingerprint density at radius 2 is 1.11 bits per heavy atom. The van der Waals surface area contributed by atoms with E-state index in [9.17, 15) is 9.59 Å². The van der Waals surface area contributed by atoms with E-state index in [-0.39, 0.29) is 23.7 Å². The van der Waals surface area contributed by atoms with Crippen molar-refractivity contribution in [2.24, 2.45) is 11.8 Å². The van der Waals surface area contributed by atoms with Crippen molar-refractivity contribution in [2.45, 2.75) is 57.8 Å². The topological polar surface area (TPSA) is 58.2 Å². The van der Waals surface area contributed by atoms with Crippen LogP contribution in [-0.4, -0.2) is 24.9 Å². The molecule has 2 N–H and O–H groups in total. The quantitative estimate of drug-likeness (QED) is 0.722. The van der Waals surface area contributed by atoms with E-state index in [0.717, 1.165) is 32.1 Å². The molecule has 2 aliphatic carbocycles. The highest BCUT2D eigenvalue weighted by Crippen LogP contribution is 2.25.